The standard InChI is InChI=1S/C9H14N2O5/c10-4-6-15-5-3-9(14)16-11-7(12)1-2-8(11)13/h1-6,10H2/i/hD. The predicted molar refractivity (Wildman–Crippen MR) is 51.7 cm³/mol. The smallest absolute Gasteiger partial charge is 0.335 e. The molecule has 1 aliphatic heterocycles. The van der Waals surface area contributed by atoms with Crippen molar-refractivity contribution < 1.29 is 25.4 Å². The van der Waals surface area contributed by atoms with Gasteiger partial charge in [-0.15, -0.1) is 5.06 Å². The molecule has 0 radical (unpaired) electrons. The van der Waals surface area contributed by atoms with Gasteiger partial charge in [-0.2, -0.15) is 0 Å². The van der Waals surface area contributed by atoms with Crippen LogP contribution in [0.2, 0.25) is 1.41 Å². The van der Waals surface area contributed by atoms with E-state index in [9.17, 15) is 14.4 Å². The number of hydrogen-bond donors (Lipinski definition) is 1. The summed E-state index contributed by atoms with van der Waals surface area (Å²) in [6, 6.07) is 0. The van der Waals surface area contributed by atoms with E-state index in [0.29, 0.717) is 18.2 Å². The number of rotatable bonds is 7. The number of carbonyl (C=O) groups excluding carboxylic acids is 3. The summed E-state index contributed by atoms with van der Waals surface area (Å²) in [7, 11) is 0. The second kappa shape index (κ2) is 6.19. The van der Waals surface area contributed by atoms with Crippen LogP contribution >= 0.6 is 0 Å². The van der Waals surface area contributed by atoms with Crippen LogP contribution in [0.25, 0.3) is 0 Å². The number of nitrogens with two attached hydrogens (primary N) is 1. The van der Waals surface area contributed by atoms with Crippen LogP contribution in [-0.4, -0.2) is 42.6 Å². The first-order chi connectivity index (χ1) is 8.15. The van der Waals surface area contributed by atoms with Crippen LogP contribution in [0.5, 0.6) is 0 Å². The summed E-state index contributed by atoms with van der Waals surface area (Å²) in [6.45, 7) is 0.785. The quantitative estimate of drug-likeness (QED) is 0.444. The molecule has 1 saturated heterocycles. The van der Waals surface area contributed by atoms with Crippen molar-refractivity contribution in [3.05, 3.63) is 0 Å². The fourth-order valence-corrected chi connectivity index (χ4v) is 1.14. The zero-order valence-corrected chi connectivity index (χ0v) is 8.73. The summed E-state index contributed by atoms with van der Waals surface area (Å²) in [5, 5.41) is 0.508. The van der Waals surface area contributed by atoms with Gasteiger partial charge in [0.25, 0.3) is 11.8 Å². The third kappa shape index (κ3) is 3.59. The van der Waals surface area contributed by atoms with Crippen molar-refractivity contribution in [2.45, 2.75) is 19.3 Å². The SMILES string of the molecule is [2H]NCCOCCC(=O)ON1C(=O)CCC1=O. The van der Waals surface area contributed by atoms with Gasteiger partial charge in [-0.25, -0.2) is 4.79 Å². The van der Waals surface area contributed by atoms with Crippen molar-refractivity contribution >= 4 is 17.8 Å². The van der Waals surface area contributed by atoms with Gasteiger partial charge in [-0.1, -0.05) is 0 Å². The Morgan fingerprint density at radius 3 is 2.69 bits per heavy atom. The van der Waals surface area contributed by atoms with Crippen LogP contribution in [0.3, 0.4) is 0 Å². The molecular formula is C9H14N2O5. The molecule has 1 aliphatic rings. The lowest BCUT2D eigenvalue weighted by Crippen LogP contribution is -2.32. The number of carbonyl (C=O) groups is 3. The van der Waals surface area contributed by atoms with E-state index in [0.717, 1.165) is 0 Å². The molecule has 16 heavy (non-hydrogen) atoms. The Morgan fingerprint density at radius 2 is 2.06 bits per heavy atom. The van der Waals surface area contributed by atoms with Gasteiger partial charge >= 0.3 is 5.97 Å². The molecule has 0 atom stereocenters. The van der Waals surface area contributed by atoms with Crippen molar-refractivity contribution in [1.82, 2.24) is 5.06 Å². The van der Waals surface area contributed by atoms with E-state index >= 15 is 0 Å². The van der Waals surface area contributed by atoms with Crippen LogP contribution in [-0.2, 0) is 24.0 Å². The first-order valence-corrected chi connectivity index (χ1v) is 4.94. The first kappa shape index (κ1) is 11.0. The highest BCUT2D eigenvalue weighted by molar-refractivity contribution is 6.01. The number of amides is 2. The summed E-state index contributed by atoms with van der Waals surface area (Å²) in [5.74, 6) is -1.68. The molecule has 2 amide bonds. The number of imide groups is 1. The minimum Gasteiger partial charge on any atom is -0.380 e. The number of hydrogen-bond acceptors (Lipinski definition) is 6. The van der Waals surface area contributed by atoms with Crippen LogP contribution < -0.4 is 5.73 Å². The molecule has 7 nitrogen and oxygen atoms in total. The largest absolute Gasteiger partial charge is 0.380 e. The molecule has 7 heteroatoms. The fraction of sp³-hybridized carbons (Fsp3) is 0.667. The molecule has 0 bridgehead atoms. The Kier molecular flexibility index (Phi) is 4.26. The lowest BCUT2D eigenvalue weighted by atomic mass is 10.4. The molecule has 1 fully saturated rings. The van der Waals surface area contributed by atoms with Crippen molar-refractivity contribution in [2.24, 2.45) is 5.73 Å². The predicted octanol–water partition coefficient (Wildman–Crippen LogP) is -1.04. The van der Waals surface area contributed by atoms with Crippen LogP contribution in [0.15, 0.2) is 0 Å². The Bertz CT molecular complexity index is 294. The molecular weight excluding hydrogens is 216 g/mol. The highest BCUT2D eigenvalue weighted by Gasteiger charge is 2.32. The second-order valence-corrected chi connectivity index (χ2v) is 3.16. The summed E-state index contributed by atoms with van der Waals surface area (Å²) >= 11 is 0. The molecule has 0 aromatic heterocycles. The molecule has 0 aromatic carbocycles. The van der Waals surface area contributed by atoms with E-state index < -0.39 is 17.8 Å². The van der Waals surface area contributed by atoms with Gasteiger partial charge in [0, 0.05) is 19.4 Å². The summed E-state index contributed by atoms with van der Waals surface area (Å²) in [4.78, 5) is 38.0. The molecule has 90 valence electrons. The molecule has 2 N–H and O–H groups in total. The van der Waals surface area contributed by atoms with Crippen molar-refractivity contribution in [1.29, 1.82) is 0 Å². The Balaban J connectivity index is 2.16. The van der Waals surface area contributed by atoms with Gasteiger partial charge in [0.15, 0.2) is 0 Å². The Morgan fingerprint density at radius 1 is 1.38 bits per heavy atom. The second-order valence-electron chi connectivity index (χ2n) is 3.16. The van der Waals surface area contributed by atoms with E-state index in [2.05, 4.69) is 10.6 Å². The maximum absolute atomic E-state index is 11.2. The van der Waals surface area contributed by atoms with Gasteiger partial charge in [0.2, 0.25) is 0 Å². The molecule has 0 aromatic rings. The molecule has 1 heterocycles. The summed E-state index contributed by atoms with van der Waals surface area (Å²) in [6.07, 6.45) is 0.116. The maximum Gasteiger partial charge on any atom is 0.335 e. The van der Waals surface area contributed by atoms with Crippen LogP contribution in [0.4, 0.5) is 0 Å². The van der Waals surface area contributed by atoms with E-state index in [4.69, 9.17) is 6.15 Å². The number of ether oxygens (including phenoxy) is 1. The molecule has 0 saturated carbocycles. The Labute approximate surface area is 93.9 Å². The maximum atomic E-state index is 11.2. The van der Waals surface area contributed by atoms with Gasteiger partial charge in [-0.3, -0.25) is 9.59 Å². The molecule has 0 aliphatic carbocycles. The van der Waals surface area contributed by atoms with Gasteiger partial charge in [-0.05, 0) is 0 Å². The van der Waals surface area contributed by atoms with Crippen molar-refractivity contribution in [2.75, 3.05) is 19.8 Å². The zero-order valence-electron chi connectivity index (χ0n) is 9.73. The van der Waals surface area contributed by atoms with E-state index in [1.54, 1.807) is 0 Å². The Hall–Kier alpha value is -1.47. The summed E-state index contributed by atoms with van der Waals surface area (Å²) < 4.78 is 11.6. The normalized spacial score (nSPS) is 16.5. The average molecular weight is 231 g/mol. The van der Waals surface area contributed by atoms with Gasteiger partial charge < -0.3 is 15.3 Å². The highest BCUT2D eigenvalue weighted by Crippen LogP contribution is 2.12. The molecule has 1 rings (SSSR count). The van der Waals surface area contributed by atoms with Crippen molar-refractivity contribution in [3.8, 4) is 0 Å². The highest BCUT2D eigenvalue weighted by atomic mass is 16.7. The average Bonchev–Trinajstić information content (AvgIpc) is 2.60. The first-order valence-electron chi connectivity index (χ1n) is 5.44. The van der Waals surface area contributed by atoms with E-state index in [1.807, 2.05) is 0 Å². The lowest BCUT2D eigenvalue weighted by molar-refractivity contribution is -0.198. The third-order valence-electron chi connectivity index (χ3n) is 1.90. The molecule has 0 unspecified atom stereocenters. The molecule has 0 spiro atoms. The van der Waals surface area contributed by atoms with E-state index in [-0.39, 0.29) is 25.9 Å². The number of hydroxylamine groups is 2. The topological polar surface area (TPSA) is 98.9 Å². The minimum atomic E-state index is -0.688. The number of nitrogens with zero attached hydrogens (tertiary/aromatic N) is 1. The third-order valence-corrected chi connectivity index (χ3v) is 1.90. The van der Waals surface area contributed by atoms with Crippen LogP contribution in [0, 0.1) is 0 Å². The lowest BCUT2D eigenvalue weighted by Gasteiger charge is -2.12. The fourth-order valence-electron chi connectivity index (χ4n) is 1.14. The van der Waals surface area contributed by atoms with Crippen molar-refractivity contribution in [3.63, 3.8) is 0 Å². The van der Waals surface area contributed by atoms with Gasteiger partial charge in [0.05, 0.1) is 19.6 Å². The monoisotopic (exact) mass is 231 g/mol. The summed E-state index contributed by atoms with van der Waals surface area (Å²) in [5.41, 5.74) is 2.14. The van der Waals surface area contributed by atoms with E-state index in [1.165, 1.54) is 0 Å². The van der Waals surface area contributed by atoms with Crippen LogP contribution in [0.1, 0.15) is 19.3 Å². The minimum absolute atomic E-state index is 0.0466. The van der Waals surface area contributed by atoms with Gasteiger partial charge in [0.1, 0.15) is 1.41 Å². The zero-order chi connectivity index (χ0) is 12.7.